The van der Waals surface area contributed by atoms with Gasteiger partial charge in [-0.05, 0) is 42.9 Å². The van der Waals surface area contributed by atoms with Crippen molar-refractivity contribution in [1.29, 1.82) is 5.26 Å². The van der Waals surface area contributed by atoms with Gasteiger partial charge in [-0.3, -0.25) is 4.79 Å². The lowest BCUT2D eigenvalue weighted by Crippen LogP contribution is -2.45. The van der Waals surface area contributed by atoms with E-state index in [4.69, 9.17) is 5.26 Å². The number of likely N-dealkylation sites (N-methyl/N-ethyl adjacent to an activating group) is 2. The molecule has 1 saturated heterocycles. The molecular weight excluding hydrogens is 414 g/mol. The molecule has 0 aromatic heterocycles. The Balaban J connectivity index is 1.61. The number of anilines is 1. The number of rotatable bonds is 7. The van der Waals surface area contributed by atoms with Crippen molar-refractivity contribution in [2.45, 2.75) is 11.4 Å². The van der Waals surface area contributed by atoms with Crippen LogP contribution in [0.15, 0.2) is 53.4 Å². The molecule has 0 bridgehead atoms. The number of amides is 1. The Hall–Kier alpha value is -2.93. The molecule has 0 unspecified atom stereocenters. The van der Waals surface area contributed by atoms with Gasteiger partial charge in [0.15, 0.2) is 0 Å². The van der Waals surface area contributed by atoms with Crippen LogP contribution in [0, 0.1) is 11.3 Å². The predicted octanol–water partition coefficient (Wildman–Crippen LogP) is 1.25. The summed E-state index contributed by atoms with van der Waals surface area (Å²) in [6, 6.07) is 15.5. The molecule has 1 amide bonds. The summed E-state index contributed by atoms with van der Waals surface area (Å²) in [7, 11) is -0.353. The third-order valence-electron chi connectivity index (χ3n) is 5.37. The summed E-state index contributed by atoms with van der Waals surface area (Å²) >= 11 is 0. The van der Waals surface area contributed by atoms with Crippen molar-refractivity contribution in [2.75, 3.05) is 51.7 Å². The minimum Gasteiger partial charge on any atom is -0.369 e. The number of carbonyl (C=O) groups excluding carboxylic acids is 1. The highest BCUT2D eigenvalue weighted by molar-refractivity contribution is 7.89. The van der Waals surface area contributed by atoms with Crippen molar-refractivity contribution in [3.05, 3.63) is 59.7 Å². The Morgan fingerprint density at radius 1 is 1.10 bits per heavy atom. The van der Waals surface area contributed by atoms with E-state index in [1.165, 1.54) is 31.3 Å². The molecule has 8 nitrogen and oxygen atoms in total. The van der Waals surface area contributed by atoms with E-state index in [2.05, 4.69) is 22.2 Å². The first-order valence-electron chi connectivity index (χ1n) is 10.1. The molecule has 164 valence electrons. The van der Waals surface area contributed by atoms with Gasteiger partial charge in [0, 0.05) is 45.5 Å². The van der Waals surface area contributed by atoms with Gasteiger partial charge in [0.2, 0.25) is 15.9 Å². The fraction of sp³-hybridized carbons (Fsp3) is 0.364. The van der Waals surface area contributed by atoms with Crippen LogP contribution in [0.25, 0.3) is 0 Å². The number of nitriles is 1. The van der Waals surface area contributed by atoms with Crippen LogP contribution >= 0.6 is 0 Å². The maximum absolute atomic E-state index is 12.7. The van der Waals surface area contributed by atoms with Gasteiger partial charge < -0.3 is 15.1 Å². The minimum absolute atomic E-state index is 0.0437. The molecule has 3 rings (SSSR count). The Morgan fingerprint density at radius 2 is 1.74 bits per heavy atom. The fourth-order valence-corrected chi connectivity index (χ4v) is 4.56. The highest BCUT2D eigenvalue weighted by atomic mass is 32.2. The Labute approximate surface area is 183 Å². The second kappa shape index (κ2) is 9.92. The molecule has 2 aromatic rings. The van der Waals surface area contributed by atoms with Crippen LogP contribution in [0.4, 0.5) is 5.69 Å². The first-order chi connectivity index (χ1) is 14.8. The molecule has 1 fully saturated rings. The standard InChI is InChI=1S/C22H27N5O3S/c1-25-11-13-27(14-12-25)21-6-4-3-5-19(21)16-24-22(28)17-26(2)31(29,30)20-9-7-18(15-23)8-10-20/h3-10H,11-14,16-17H2,1-2H3,(H,24,28). The first-order valence-corrected chi connectivity index (χ1v) is 11.5. The lowest BCUT2D eigenvalue weighted by Gasteiger charge is -2.35. The van der Waals surface area contributed by atoms with Gasteiger partial charge in [-0.15, -0.1) is 0 Å². The van der Waals surface area contributed by atoms with Crippen molar-refractivity contribution in [1.82, 2.24) is 14.5 Å². The summed E-state index contributed by atoms with van der Waals surface area (Å²) in [4.78, 5) is 17.1. The largest absolute Gasteiger partial charge is 0.369 e. The van der Waals surface area contributed by atoms with Crippen LogP contribution in [0.1, 0.15) is 11.1 Å². The average Bonchev–Trinajstić information content (AvgIpc) is 2.78. The number of piperazine rings is 1. The molecule has 1 aliphatic heterocycles. The third kappa shape index (κ3) is 5.61. The monoisotopic (exact) mass is 441 g/mol. The summed E-state index contributed by atoms with van der Waals surface area (Å²) in [5.41, 5.74) is 2.46. The molecule has 31 heavy (non-hydrogen) atoms. The molecule has 0 atom stereocenters. The van der Waals surface area contributed by atoms with Crippen LogP contribution in [-0.2, 0) is 21.4 Å². The molecule has 1 N–H and O–H groups in total. The van der Waals surface area contributed by atoms with Gasteiger partial charge >= 0.3 is 0 Å². The number of sulfonamides is 1. The maximum atomic E-state index is 12.7. The lowest BCUT2D eigenvalue weighted by molar-refractivity contribution is -0.121. The van der Waals surface area contributed by atoms with Crippen LogP contribution < -0.4 is 10.2 Å². The predicted molar refractivity (Wildman–Crippen MR) is 119 cm³/mol. The van der Waals surface area contributed by atoms with Crippen molar-refractivity contribution in [2.24, 2.45) is 0 Å². The summed E-state index contributed by atoms with van der Waals surface area (Å²) in [6.07, 6.45) is 0. The number of carbonyl (C=O) groups is 1. The maximum Gasteiger partial charge on any atom is 0.243 e. The van der Waals surface area contributed by atoms with Crippen LogP contribution in [0.5, 0.6) is 0 Å². The molecule has 9 heteroatoms. The first kappa shape index (κ1) is 22.7. The molecule has 0 aliphatic carbocycles. The van der Waals surface area contributed by atoms with Crippen LogP contribution in [0.3, 0.4) is 0 Å². The average molecular weight is 442 g/mol. The SMILES string of the molecule is CN1CCN(c2ccccc2CNC(=O)CN(C)S(=O)(=O)c2ccc(C#N)cc2)CC1. The van der Waals surface area contributed by atoms with E-state index >= 15 is 0 Å². The number of para-hydroxylation sites is 1. The van der Waals surface area contributed by atoms with E-state index in [-0.39, 0.29) is 17.3 Å². The molecule has 1 heterocycles. The lowest BCUT2D eigenvalue weighted by atomic mass is 10.1. The number of hydrogen-bond acceptors (Lipinski definition) is 6. The zero-order valence-electron chi connectivity index (χ0n) is 17.8. The van der Waals surface area contributed by atoms with Crippen LogP contribution in [0.2, 0.25) is 0 Å². The van der Waals surface area contributed by atoms with Crippen LogP contribution in [-0.4, -0.2) is 70.3 Å². The van der Waals surface area contributed by atoms with E-state index in [0.717, 1.165) is 41.7 Å². The second-order valence-corrected chi connectivity index (χ2v) is 9.64. The highest BCUT2D eigenvalue weighted by Crippen LogP contribution is 2.21. The van der Waals surface area contributed by atoms with E-state index in [1.807, 2.05) is 30.3 Å². The minimum atomic E-state index is -3.82. The Bertz CT molecular complexity index is 1060. The van der Waals surface area contributed by atoms with Gasteiger partial charge in [0.1, 0.15) is 0 Å². The summed E-state index contributed by atoms with van der Waals surface area (Å²) < 4.78 is 26.4. The number of nitrogens with one attached hydrogen (secondary N) is 1. The van der Waals surface area contributed by atoms with Crippen molar-refractivity contribution >= 4 is 21.6 Å². The second-order valence-electron chi connectivity index (χ2n) is 7.59. The van der Waals surface area contributed by atoms with Crippen molar-refractivity contribution in [3.8, 4) is 6.07 Å². The third-order valence-corrected chi connectivity index (χ3v) is 7.19. The molecule has 0 saturated carbocycles. The van der Waals surface area contributed by atoms with Gasteiger partial charge in [0.05, 0.1) is 23.1 Å². The summed E-state index contributed by atoms with van der Waals surface area (Å²) in [5.74, 6) is -0.382. The smallest absolute Gasteiger partial charge is 0.243 e. The van der Waals surface area contributed by atoms with E-state index < -0.39 is 10.0 Å². The Kier molecular flexibility index (Phi) is 7.28. The molecular formula is C22H27N5O3S. The topological polar surface area (TPSA) is 96.8 Å². The molecule has 1 aliphatic rings. The normalized spacial score (nSPS) is 15.0. The van der Waals surface area contributed by atoms with Crippen molar-refractivity contribution in [3.63, 3.8) is 0 Å². The van der Waals surface area contributed by atoms with Gasteiger partial charge in [-0.1, -0.05) is 18.2 Å². The van der Waals surface area contributed by atoms with E-state index in [0.29, 0.717) is 12.1 Å². The number of hydrogen-bond donors (Lipinski definition) is 1. The van der Waals surface area contributed by atoms with E-state index in [9.17, 15) is 13.2 Å². The molecule has 0 radical (unpaired) electrons. The molecule has 2 aromatic carbocycles. The number of benzene rings is 2. The quantitative estimate of drug-likeness (QED) is 0.695. The van der Waals surface area contributed by atoms with Gasteiger partial charge in [-0.25, -0.2) is 8.42 Å². The summed E-state index contributed by atoms with van der Waals surface area (Å²) in [6.45, 7) is 3.85. The van der Waals surface area contributed by atoms with Gasteiger partial charge in [-0.2, -0.15) is 9.57 Å². The van der Waals surface area contributed by atoms with E-state index in [1.54, 1.807) is 0 Å². The zero-order valence-corrected chi connectivity index (χ0v) is 18.6. The van der Waals surface area contributed by atoms with Gasteiger partial charge in [0.25, 0.3) is 0 Å². The fourth-order valence-electron chi connectivity index (χ4n) is 3.43. The van der Waals surface area contributed by atoms with Crippen molar-refractivity contribution < 1.29 is 13.2 Å². The highest BCUT2D eigenvalue weighted by Gasteiger charge is 2.23. The zero-order chi connectivity index (χ0) is 22.4. The molecule has 0 spiro atoms. The number of nitrogens with zero attached hydrogens (tertiary/aromatic N) is 4. The summed E-state index contributed by atoms with van der Waals surface area (Å²) in [5, 5.41) is 11.7. The Morgan fingerprint density at radius 3 is 2.39 bits per heavy atom.